The molecule has 0 aliphatic heterocycles. The molecule has 2 fully saturated rings. The minimum Gasteiger partial charge on any atom is -0.374 e. The minimum absolute atomic E-state index is 0.532. The summed E-state index contributed by atoms with van der Waals surface area (Å²) in [5.74, 6) is 0.853. The third kappa shape index (κ3) is 2.46. The van der Waals surface area contributed by atoms with Gasteiger partial charge in [-0.3, -0.25) is 0 Å². The minimum atomic E-state index is 0.532. The maximum atomic E-state index is 5.94. The van der Waals surface area contributed by atoms with Crippen LogP contribution in [0.15, 0.2) is 24.3 Å². The van der Waals surface area contributed by atoms with Crippen molar-refractivity contribution in [2.75, 3.05) is 0 Å². The lowest BCUT2D eigenvalue weighted by Gasteiger charge is -2.11. The van der Waals surface area contributed by atoms with Gasteiger partial charge in [0.25, 0.3) is 0 Å². The Morgan fingerprint density at radius 3 is 2.62 bits per heavy atom. The number of ether oxygens (including phenoxy) is 1. The third-order valence-electron chi connectivity index (χ3n) is 3.79. The van der Waals surface area contributed by atoms with Crippen LogP contribution in [0.3, 0.4) is 0 Å². The first-order chi connectivity index (χ1) is 7.92. The quantitative estimate of drug-likeness (QED) is 0.738. The van der Waals surface area contributed by atoms with E-state index < -0.39 is 0 Å². The van der Waals surface area contributed by atoms with Crippen molar-refractivity contribution < 1.29 is 4.74 Å². The Morgan fingerprint density at radius 1 is 1.06 bits per heavy atom. The number of hydrogen-bond donors (Lipinski definition) is 0. The first kappa shape index (κ1) is 10.3. The second kappa shape index (κ2) is 4.58. The van der Waals surface area contributed by atoms with Gasteiger partial charge in [-0.2, -0.15) is 0 Å². The maximum absolute atomic E-state index is 5.94. The molecule has 1 nitrogen and oxygen atoms in total. The maximum Gasteiger partial charge on any atom is 0.0720 e. The molecule has 2 aliphatic carbocycles. The summed E-state index contributed by atoms with van der Waals surface area (Å²) in [5, 5.41) is 0. The van der Waals surface area contributed by atoms with Crippen LogP contribution in [0, 0.1) is 0 Å². The second-order valence-corrected chi connectivity index (χ2v) is 5.24. The van der Waals surface area contributed by atoms with Gasteiger partial charge in [0.05, 0.1) is 12.7 Å². The van der Waals surface area contributed by atoms with Crippen LogP contribution in [0.25, 0.3) is 0 Å². The van der Waals surface area contributed by atoms with Crippen LogP contribution in [-0.2, 0) is 11.3 Å². The first-order valence-electron chi connectivity index (χ1n) is 6.62. The van der Waals surface area contributed by atoms with Crippen LogP contribution in [-0.4, -0.2) is 6.10 Å². The molecule has 16 heavy (non-hydrogen) atoms. The van der Waals surface area contributed by atoms with Crippen LogP contribution >= 0.6 is 0 Å². The number of benzene rings is 1. The van der Waals surface area contributed by atoms with Crippen molar-refractivity contribution in [3.63, 3.8) is 0 Å². The Labute approximate surface area is 97.8 Å². The zero-order chi connectivity index (χ0) is 10.8. The molecule has 1 aromatic carbocycles. The largest absolute Gasteiger partial charge is 0.374 e. The molecule has 86 valence electrons. The van der Waals surface area contributed by atoms with Gasteiger partial charge in [0.15, 0.2) is 0 Å². The van der Waals surface area contributed by atoms with E-state index in [1.54, 1.807) is 0 Å². The Morgan fingerprint density at radius 2 is 1.88 bits per heavy atom. The molecule has 0 N–H and O–H groups in total. The molecule has 3 rings (SSSR count). The molecule has 1 heteroatoms. The van der Waals surface area contributed by atoms with E-state index in [-0.39, 0.29) is 0 Å². The summed E-state index contributed by atoms with van der Waals surface area (Å²) in [7, 11) is 0. The molecule has 0 saturated heterocycles. The summed E-state index contributed by atoms with van der Waals surface area (Å²) in [6.07, 6.45) is 8.54. The van der Waals surface area contributed by atoms with Crippen molar-refractivity contribution in [3.05, 3.63) is 35.4 Å². The fourth-order valence-electron chi connectivity index (χ4n) is 2.62. The average molecular weight is 216 g/mol. The van der Waals surface area contributed by atoms with Gasteiger partial charge in [0.1, 0.15) is 0 Å². The molecule has 0 bridgehead atoms. The molecule has 0 amide bonds. The summed E-state index contributed by atoms with van der Waals surface area (Å²) >= 11 is 0. The van der Waals surface area contributed by atoms with Crippen molar-refractivity contribution in [2.24, 2.45) is 0 Å². The van der Waals surface area contributed by atoms with E-state index in [4.69, 9.17) is 4.74 Å². The standard InChI is InChI=1S/C15H20O/c1-2-7-15(6-1)16-11-12-4-3-5-14(10-12)13-8-9-13/h3-5,10,13,15H,1-2,6-9,11H2. The van der Waals surface area contributed by atoms with Gasteiger partial charge < -0.3 is 4.74 Å². The lowest BCUT2D eigenvalue weighted by Crippen LogP contribution is -2.07. The van der Waals surface area contributed by atoms with E-state index in [0.717, 1.165) is 12.5 Å². The first-order valence-corrected chi connectivity index (χ1v) is 6.62. The van der Waals surface area contributed by atoms with Crippen molar-refractivity contribution in [1.29, 1.82) is 0 Å². The van der Waals surface area contributed by atoms with Crippen LogP contribution in [0.4, 0.5) is 0 Å². The van der Waals surface area contributed by atoms with Gasteiger partial charge in [-0.15, -0.1) is 0 Å². The summed E-state index contributed by atoms with van der Waals surface area (Å²) in [6, 6.07) is 8.98. The highest BCUT2D eigenvalue weighted by molar-refractivity contribution is 5.28. The molecule has 0 radical (unpaired) electrons. The number of rotatable bonds is 4. The molecular weight excluding hydrogens is 196 g/mol. The van der Waals surface area contributed by atoms with E-state index in [9.17, 15) is 0 Å². The van der Waals surface area contributed by atoms with Crippen LogP contribution in [0.1, 0.15) is 55.6 Å². The smallest absolute Gasteiger partial charge is 0.0720 e. The van der Waals surface area contributed by atoms with Crippen molar-refractivity contribution in [2.45, 2.75) is 57.2 Å². The SMILES string of the molecule is c1cc(COC2CCCC2)cc(C2CC2)c1. The molecule has 0 unspecified atom stereocenters. The van der Waals surface area contributed by atoms with Gasteiger partial charge in [-0.05, 0) is 42.7 Å². The zero-order valence-corrected chi connectivity index (χ0v) is 9.82. The average Bonchev–Trinajstić information content (AvgIpc) is 3.05. The summed E-state index contributed by atoms with van der Waals surface area (Å²) in [4.78, 5) is 0. The Bertz CT molecular complexity index is 348. The molecule has 2 saturated carbocycles. The van der Waals surface area contributed by atoms with E-state index in [2.05, 4.69) is 24.3 Å². The summed E-state index contributed by atoms with van der Waals surface area (Å²) in [6.45, 7) is 0.811. The summed E-state index contributed by atoms with van der Waals surface area (Å²) < 4.78 is 5.94. The highest BCUT2D eigenvalue weighted by atomic mass is 16.5. The molecule has 0 heterocycles. The Balaban J connectivity index is 1.58. The third-order valence-corrected chi connectivity index (χ3v) is 3.79. The van der Waals surface area contributed by atoms with Gasteiger partial charge in [-0.1, -0.05) is 37.1 Å². The van der Waals surface area contributed by atoms with Gasteiger partial charge >= 0.3 is 0 Å². The second-order valence-electron chi connectivity index (χ2n) is 5.24. The van der Waals surface area contributed by atoms with Crippen molar-refractivity contribution in [1.82, 2.24) is 0 Å². The Kier molecular flexibility index (Phi) is 2.96. The van der Waals surface area contributed by atoms with E-state index in [0.29, 0.717) is 6.10 Å². The summed E-state index contributed by atoms with van der Waals surface area (Å²) in [5.41, 5.74) is 2.88. The molecule has 0 spiro atoms. The fraction of sp³-hybridized carbons (Fsp3) is 0.600. The molecule has 0 aromatic heterocycles. The van der Waals surface area contributed by atoms with Crippen LogP contribution < -0.4 is 0 Å². The highest BCUT2D eigenvalue weighted by Crippen LogP contribution is 2.40. The monoisotopic (exact) mass is 216 g/mol. The lowest BCUT2D eigenvalue weighted by molar-refractivity contribution is 0.0456. The van der Waals surface area contributed by atoms with Gasteiger partial charge in [-0.25, -0.2) is 0 Å². The zero-order valence-electron chi connectivity index (χ0n) is 9.82. The highest BCUT2D eigenvalue weighted by Gasteiger charge is 2.23. The molecule has 2 aliphatic rings. The van der Waals surface area contributed by atoms with E-state index in [1.807, 2.05) is 0 Å². The van der Waals surface area contributed by atoms with Crippen LogP contribution in [0.5, 0.6) is 0 Å². The van der Waals surface area contributed by atoms with E-state index in [1.165, 1.54) is 49.7 Å². The normalized spacial score (nSPS) is 21.5. The molecule has 1 aromatic rings. The van der Waals surface area contributed by atoms with Crippen LogP contribution in [0.2, 0.25) is 0 Å². The number of hydrogen-bond acceptors (Lipinski definition) is 1. The molecular formula is C15H20O. The van der Waals surface area contributed by atoms with Crippen molar-refractivity contribution >= 4 is 0 Å². The van der Waals surface area contributed by atoms with Gasteiger partial charge in [0, 0.05) is 0 Å². The fourth-order valence-corrected chi connectivity index (χ4v) is 2.62. The van der Waals surface area contributed by atoms with Gasteiger partial charge in [0.2, 0.25) is 0 Å². The van der Waals surface area contributed by atoms with E-state index >= 15 is 0 Å². The molecule has 0 atom stereocenters. The Hall–Kier alpha value is -0.820. The predicted octanol–water partition coefficient (Wildman–Crippen LogP) is 4.02. The topological polar surface area (TPSA) is 9.23 Å². The van der Waals surface area contributed by atoms with Crippen molar-refractivity contribution in [3.8, 4) is 0 Å². The predicted molar refractivity (Wildman–Crippen MR) is 65.5 cm³/mol. The lowest BCUT2D eigenvalue weighted by atomic mass is 10.1.